The second kappa shape index (κ2) is 15.6. The van der Waals surface area contributed by atoms with Gasteiger partial charge in [0.25, 0.3) is 0 Å². The molecule has 0 aliphatic rings. The fourth-order valence-corrected chi connectivity index (χ4v) is 20.2. The van der Waals surface area contributed by atoms with E-state index in [0.29, 0.717) is 6.61 Å². The van der Waals surface area contributed by atoms with Crippen molar-refractivity contribution in [3.8, 4) is 28.3 Å². The molecule has 0 unspecified atom stereocenters. The topological polar surface area (TPSA) is 65.7 Å². The fourth-order valence-electron chi connectivity index (χ4n) is 6.11. The third-order valence-electron chi connectivity index (χ3n) is 8.72. The molecule has 5 aromatic rings. The predicted molar refractivity (Wildman–Crippen MR) is 184 cm³/mol. The van der Waals surface area contributed by atoms with Gasteiger partial charge in [0, 0.05) is 0 Å². The van der Waals surface area contributed by atoms with Crippen LogP contribution in [0.1, 0.15) is 77.5 Å². The Bertz CT molecular complexity index is 1610. The summed E-state index contributed by atoms with van der Waals surface area (Å²) in [5.41, 5.74) is 6.35. The number of pyridine rings is 1. The Kier molecular flexibility index (Phi) is 11.4. The van der Waals surface area contributed by atoms with Crippen LogP contribution in [-0.4, -0.2) is 42.1 Å². The van der Waals surface area contributed by atoms with Gasteiger partial charge in [-0.3, -0.25) is 0 Å². The van der Waals surface area contributed by atoms with Gasteiger partial charge < -0.3 is 0 Å². The summed E-state index contributed by atoms with van der Waals surface area (Å²) in [6, 6.07) is 27.4. The van der Waals surface area contributed by atoms with Crippen molar-refractivity contribution in [2.24, 2.45) is 0 Å². The van der Waals surface area contributed by atoms with E-state index in [1.54, 1.807) is 0 Å². The van der Waals surface area contributed by atoms with Crippen molar-refractivity contribution in [3.05, 3.63) is 90.1 Å². The van der Waals surface area contributed by atoms with E-state index in [9.17, 15) is 0 Å². The van der Waals surface area contributed by atoms with E-state index in [2.05, 4.69) is 97.4 Å². The predicted octanol–water partition coefficient (Wildman–Crippen LogP) is 9.89. The molecule has 44 heavy (non-hydrogen) atoms. The van der Waals surface area contributed by atoms with Crippen molar-refractivity contribution in [1.82, 2.24) is 23.4 Å². The molecule has 5 rings (SSSR count). The summed E-state index contributed by atoms with van der Waals surface area (Å²) < 4.78 is 12.6. The molecule has 6 nitrogen and oxygen atoms in total. The third-order valence-corrected chi connectivity index (χ3v) is 22.7. The summed E-state index contributed by atoms with van der Waals surface area (Å²) in [5, 5.41) is 15.9. The van der Waals surface area contributed by atoms with Crippen LogP contribution in [0, 0.1) is 0 Å². The number of benzene rings is 3. The molecule has 0 aliphatic heterocycles. The number of fused-ring (bicyclic) bond motifs is 1. The number of ether oxygens (including phenoxy) is 1. The molecular formula is C37H47N5OSn. The minimum absolute atomic E-state index is 0.444. The first-order valence-corrected chi connectivity index (χ1v) is 23.9. The zero-order chi connectivity index (χ0) is 30.8. The van der Waals surface area contributed by atoms with Crippen LogP contribution in [0.2, 0.25) is 13.3 Å². The number of unbranched alkanes of at least 4 members (excludes halogenated alkanes) is 3. The van der Waals surface area contributed by atoms with Crippen LogP contribution in [0.5, 0.6) is 5.75 Å². The minimum atomic E-state index is -2.90. The normalized spacial score (nSPS) is 11.7. The Morgan fingerprint density at radius 3 is 2.09 bits per heavy atom. The number of aryl methyl sites for hydroxylation is 1. The van der Waals surface area contributed by atoms with Gasteiger partial charge in [-0.2, -0.15) is 0 Å². The van der Waals surface area contributed by atoms with Crippen molar-refractivity contribution in [3.63, 3.8) is 0 Å². The van der Waals surface area contributed by atoms with E-state index in [0.717, 1.165) is 56.8 Å². The van der Waals surface area contributed by atoms with Gasteiger partial charge in [0.05, 0.1) is 0 Å². The molecule has 0 saturated carbocycles. The molecule has 7 heteroatoms. The van der Waals surface area contributed by atoms with Crippen LogP contribution in [0.4, 0.5) is 0 Å². The number of tetrazole rings is 1. The first-order chi connectivity index (χ1) is 21.6. The van der Waals surface area contributed by atoms with Crippen molar-refractivity contribution >= 4 is 29.6 Å². The van der Waals surface area contributed by atoms with Crippen LogP contribution < -0.4 is 4.74 Å². The molecule has 0 saturated heterocycles. The fraction of sp³-hybridized carbons (Fsp3) is 0.405. The zero-order valence-corrected chi connectivity index (χ0v) is 29.8. The van der Waals surface area contributed by atoms with E-state index >= 15 is 0 Å². The van der Waals surface area contributed by atoms with Crippen molar-refractivity contribution in [1.29, 1.82) is 0 Å². The number of rotatable bonds is 16. The quantitative estimate of drug-likeness (QED) is 0.0962. The molecule has 0 aliphatic carbocycles. The molecule has 0 spiro atoms. The molecule has 3 aromatic carbocycles. The molecule has 0 atom stereocenters. The summed E-state index contributed by atoms with van der Waals surface area (Å²) in [4.78, 5) is 4.79. The summed E-state index contributed by atoms with van der Waals surface area (Å²) in [6.07, 6.45) is 8.27. The molecule has 0 bridgehead atoms. The second-order valence-corrected chi connectivity index (χ2v) is 24.4. The van der Waals surface area contributed by atoms with Gasteiger partial charge in [-0.15, -0.1) is 0 Å². The summed E-state index contributed by atoms with van der Waals surface area (Å²) in [7, 11) is 0. The van der Waals surface area contributed by atoms with Crippen LogP contribution in [-0.2, 0) is 13.0 Å². The van der Waals surface area contributed by atoms with Crippen molar-refractivity contribution in [2.75, 3.05) is 0 Å². The van der Waals surface area contributed by atoms with Gasteiger partial charge in [0.1, 0.15) is 0 Å². The molecule has 0 amide bonds. The van der Waals surface area contributed by atoms with Crippen molar-refractivity contribution < 1.29 is 4.74 Å². The monoisotopic (exact) mass is 697 g/mol. The Morgan fingerprint density at radius 2 is 1.41 bits per heavy atom. The van der Waals surface area contributed by atoms with Crippen LogP contribution >= 0.6 is 0 Å². The molecule has 0 fully saturated rings. The van der Waals surface area contributed by atoms with E-state index in [4.69, 9.17) is 25.1 Å². The average molecular weight is 697 g/mol. The Balaban J connectivity index is 1.52. The Hall–Kier alpha value is -3.26. The number of aromatic nitrogens is 5. The summed E-state index contributed by atoms with van der Waals surface area (Å²) >= 11 is -2.90. The number of para-hydroxylation sites is 1. The first kappa shape index (κ1) is 32.1. The molecule has 0 radical (unpaired) electrons. The van der Waals surface area contributed by atoms with Gasteiger partial charge >= 0.3 is 256 Å². The van der Waals surface area contributed by atoms with Crippen LogP contribution in [0.15, 0.2) is 78.9 Å². The second-order valence-electron chi connectivity index (χ2n) is 12.0. The van der Waals surface area contributed by atoms with E-state index in [1.807, 2.05) is 12.1 Å². The van der Waals surface area contributed by atoms with Crippen LogP contribution in [0.3, 0.4) is 0 Å². The SMILES string of the molecule is CCC[CH2][Sn]([CH2]CCC)([CH2]CCC)[n]1nnc(-c2cc(COc3cc(CC)nc4ccccc34)ccc2-c2ccccc2)n1. The molecule has 2 aromatic heterocycles. The van der Waals surface area contributed by atoms with E-state index in [-0.39, 0.29) is 0 Å². The zero-order valence-electron chi connectivity index (χ0n) is 26.9. The van der Waals surface area contributed by atoms with E-state index in [1.165, 1.54) is 51.8 Å². The van der Waals surface area contributed by atoms with Gasteiger partial charge in [0.15, 0.2) is 0 Å². The van der Waals surface area contributed by atoms with Gasteiger partial charge in [-0.05, 0) is 0 Å². The number of hydrogen-bond donors (Lipinski definition) is 0. The van der Waals surface area contributed by atoms with Crippen LogP contribution in [0.25, 0.3) is 33.4 Å². The average Bonchev–Trinajstić information content (AvgIpc) is 3.58. The van der Waals surface area contributed by atoms with Gasteiger partial charge in [-0.25, -0.2) is 0 Å². The van der Waals surface area contributed by atoms with Gasteiger partial charge in [-0.1, -0.05) is 13.0 Å². The molecule has 2 heterocycles. The van der Waals surface area contributed by atoms with Gasteiger partial charge in [0.2, 0.25) is 0 Å². The summed E-state index contributed by atoms with van der Waals surface area (Å²) in [6.45, 7) is 9.47. The molecular weight excluding hydrogens is 649 g/mol. The molecule has 0 N–H and O–H groups in total. The Morgan fingerprint density at radius 1 is 0.727 bits per heavy atom. The van der Waals surface area contributed by atoms with Crippen molar-refractivity contribution in [2.45, 2.75) is 92.6 Å². The summed E-state index contributed by atoms with van der Waals surface area (Å²) in [5.74, 6) is 1.59. The maximum atomic E-state index is 6.49. The maximum absolute atomic E-state index is 6.49. The number of hydrogen-bond acceptors (Lipinski definition) is 5. The Labute approximate surface area is 267 Å². The first-order valence-electron chi connectivity index (χ1n) is 16.6. The third kappa shape index (κ3) is 7.51. The van der Waals surface area contributed by atoms with E-state index < -0.39 is 18.7 Å². The molecule has 230 valence electrons. The standard InChI is InChI=1S/C25H20N5O.3C4H9.Sn/c1-2-19-15-24(21-10-6-7-11-23(21)26-19)31-16-17-12-13-20(18-8-4-3-5-9-18)22(14-17)25-27-29-30-28-25;3*1-3-4-2;/h3-15H,2,16H2,1H3;3*1,3-4H2,2H3;/q-1;;;;+1. The number of nitrogens with zero attached hydrogens (tertiary/aromatic N) is 5.